The molecule has 0 spiro atoms. The maximum atomic E-state index is 11.8. The first-order valence-electron chi connectivity index (χ1n) is 8.29. The number of methoxy groups -OCH3 is 1. The van der Waals surface area contributed by atoms with E-state index in [1.165, 1.54) is 7.11 Å². The summed E-state index contributed by atoms with van der Waals surface area (Å²) in [5.41, 5.74) is 1.52. The van der Waals surface area contributed by atoms with Crippen LogP contribution in [0.3, 0.4) is 0 Å². The van der Waals surface area contributed by atoms with E-state index in [2.05, 4.69) is 5.32 Å². The number of ether oxygens (including phenoxy) is 2. The minimum atomic E-state index is -1.07. The number of rotatable bonds is 9. The molecule has 1 amide bonds. The van der Waals surface area contributed by atoms with Crippen LogP contribution in [0.15, 0.2) is 48.5 Å². The van der Waals surface area contributed by atoms with Gasteiger partial charge in [0.2, 0.25) is 5.91 Å². The summed E-state index contributed by atoms with van der Waals surface area (Å²) < 4.78 is 11.1. The summed E-state index contributed by atoms with van der Waals surface area (Å²) in [5, 5.41) is 20.5. The van der Waals surface area contributed by atoms with Crippen LogP contribution in [-0.4, -0.2) is 24.1 Å². The van der Waals surface area contributed by atoms with Gasteiger partial charge in [-0.05, 0) is 23.3 Å². The summed E-state index contributed by atoms with van der Waals surface area (Å²) in [4.78, 5) is 22.3. The molecule has 7 heteroatoms. The lowest BCUT2D eigenvalue weighted by molar-refractivity contribution is -0.138. The van der Waals surface area contributed by atoms with Crippen LogP contribution in [0.5, 0.6) is 11.5 Å². The number of amides is 1. The molecule has 7 nitrogen and oxygen atoms in total. The Morgan fingerprint density at radius 2 is 1.89 bits per heavy atom. The average molecular weight is 368 g/mol. The Labute approximate surface area is 157 Å². The van der Waals surface area contributed by atoms with Crippen LogP contribution in [0.4, 0.5) is 0 Å². The summed E-state index contributed by atoms with van der Waals surface area (Å²) in [5.74, 6) is -0.630. The van der Waals surface area contributed by atoms with Crippen molar-refractivity contribution < 1.29 is 24.2 Å². The van der Waals surface area contributed by atoms with E-state index >= 15 is 0 Å². The maximum absolute atomic E-state index is 11.8. The molecule has 2 aromatic rings. The van der Waals surface area contributed by atoms with Gasteiger partial charge in [0, 0.05) is 6.42 Å². The third-order valence-corrected chi connectivity index (χ3v) is 3.76. The lowest BCUT2D eigenvalue weighted by Gasteiger charge is -2.15. The molecule has 2 rings (SSSR count). The highest BCUT2D eigenvalue weighted by molar-refractivity contribution is 5.81. The van der Waals surface area contributed by atoms with Crippen LogP contribution in [0.2, 0.25) is 0 Å². The fourth-order valence-corrected chi connectivity index (χ4v) is 2.36. The zero-order valence-corrected chi connectivity index (χ0v) is 14.8. The monoisotopic (exact) mass is 368 g/mol. The minimum Gasteiger partial charge on any atom is -0.493 e. The summed E-state index contributed by atoms with van der Waals surface area (Å²) >= 11 is 0. The Hall–Kier alpha value is -3.53. The van der Waals surface area contributed by atoms with E-state index in [4.69, 9.17) is 14.6 Å². The second-order valence-electron chi connectivity index (χ2n) is 5.71. The molecule has 0 saturated carbocycles. The molecule has 0 fully saturated rings. The maximum Gasteiger partial charge on any atom is 0.303 e. The number of aliphatic carboxylic acids is 1. The van der Waals surface area contributed by atoms with Crippen LogP contribution >= 0.6 is 0 Å². The minimum absolute atomic E-state index is 0.192. The smallest absolute Gasteiger partial charge is 0.303 e. The topological polar surface area (TPSA) is 109 Å². The lowest BCUT2D eigenvalue weighted by Crippen LogP contribution is -2.27. The van der Waals surface area contributed by atoms with Crippen LogP contribution in [0.25, 0.3) is 0 Å². The molecular weight excluding hydrogens is 348 g/mol. The zero-order chi connectivity index (χ0) is 19.6. The number of benzene rings is 2. The van der Waals surface area contributed by atoms with Gasteiger partial charge in [-0.1, -0.05) is 36.4 Å². The van der Waals surface area contributed by atoms with Gasteiger partial charge in [-0.2, -0.15) is 5.26 Å². The van der Waals surface area contributed by atoms with Gasteiger partial charge in [-0.15, -0.1) is 0 Å². The fraction of sp³-hybridized carbons (Fsp3) is 0.250. The second kappa shape index (κ2) is 9.82. The van der Waals surface area contributed by atoms with Crippen molar-refractivity contribution in [2.45, 2.75) is 25.5 Å². The number of carbonyl (C=O) groups is 2. The highest BCUT2D eigenvalue weighted by atomic mass is 16.5. The summed E-state index contributed by atoms with van der Waals surface area (Å²) in [7, 11) is 1.49. The predicted octanol–water partition coefficient (Wildman–Crippen LogP) is 2.82. The van der Waals surface area contributed by atoms with Gasteiger partial charge in [0.1, 0.15) is 12.6 Å². The van der Waals surface area contributed by atoms with Crippen molar-refractivity contribution in [3.05, 3.63) is 59.7 Å². The highest BCUT2D eigenvalue weighted by Crippen LogP contribution is 2.31. The molecular formula is C20H20N2O5. The Morgan fingerprint density at radius 3 is 2.52 bits per heavy atom. The molecule has 0 bridgehead atoms. The third kappa shape index (κ3) is 6.04. The largest absolute Gasteiger partial charge is 0.493 e. The fourth-order valence-electron chi connectivity index (χ4n) is 2.36. The van der Waals surface area contributed by atoms with Gasteiger partial charge in [-0.25, -0.2) is 0 Å². The van der Waals surface area contributed by atoms with Crippen molar-refractivity contribution in [2.75, 3.05) is 7.11 Å². The number of nitrogens with zero attached hydrogens (tertiary/aromatic N) is 1. The molecule has 2 N–H and O–H groups in total. The first-order valence-corrected chi connectivity index (χ1v) is 8.29. The van der Waals surface area contributed by atoms with Gasteiger partial charge in [0.15, 0.2) is 11.5 Å². The number of carbonyl (C=O) groups excluding carboxylic acids is 1. The molecule has 0 aliphatic heterocycles. The molecule has 0 aliphatic rings. The van der Waals surface area contributed by atoms with Gasteiger partial charge >= 0.3 is 5.97 Å². The molecule has 1 unspecified atom stereocenters. The summed E-state index contributed by atoms with van der Waals surface area (Å²) in [6.07, 6.45) is -0.484. The quantitative estimate of drug-likeness (QED) is 0.704. The number of nitrogens with one attached hydrogen (secondary N) is 1. The third-order valence-electron chi connectivity index (χ3n) is 3.76. The number of carboxylic acids is 1. The van der Waals surface area contributed by atoms with Crippen molar-refractivity contribution in [3.63, 3.8) is 0 Å². The van der Waals surface area contributed by atoms with Crippen molar-refractivity contribution >= 4 is 11.9 Å². The van der Waals surface area contributed by atoms with Crippen molar-refractivity contribution in [3.8, 4) is 17.6 Å². The molecule has 2 aromatic carbocycles. The Kier molecular flexibility index (Phi) is 7.20. The van der Waals surface area contributed by atoms with E-state index in [0.29, 0.717) is 23.7 Å². The number of hydrogen-bond acceptors (Lipinski definition) is 5. The number of carboxylic acid groups (broad SMARTS) is 1. The number of hydrogen-bond donors (Lipinski definition) is 2. The molecule has 0 radical (unpaired) electrons. The molecule has 1 atom stereocenters. The Balaban J connectivity index is 2.07. The zero-order valence-electron chi connectivity index (χ0n) is 14.8. The molecule has 0 aliphatic carbocycles. The Morgan fingerprint density at radius 1 is 1.15 bits per heavy atom. The van der Waals surface area contributed by atoms with E-state index in [9.17, 15) is 14.9 Å². The van der Waals surface area contributed by atoms with Crippen LogP contribution < -0.4 is 14.8 Å². The normalized spacial score (nSPS) is 11.1. The second-order valence-corrected chi connectivity index (χ2v) is 5.71. The van der Waals surface area contributed by atoms with Crippen LogP contribution in [-0.2, 0) is 16.2 Å². The van der Waals surface area contributed by atoms with Crippen LogP contribution in [0, 0.1) is 11.3 Å². The van der Waals surface area contributed by atoms with E-state index < -0.39 is 17.9 Å². The molecule has 0 saturated heterocycles. The lowest BCUT2D eigenvalue weighted by atomic mass is 10.1. The van der Waals surface area contributed by atoms with Crippen LogP contribution in [0.1, 0.15) is 30.0 Å². The van der Waals surface area contributed by atoms with Gasteiger partial charge in [-0.3, -0.25) is 9.59 Å². The number of nitriles is 1. The van der Waals surface area contributed by atoms with E-state index in [1.807, 2.05) is 36.4 Å². The average Bonchev–Trinajstić information content (AvgIpc) is 2.69. The first-order chi connectivity index (χ1) is 13.0. The SMILES string of the molecule is COc1cc(C(C#N)NC(=O)CCC(=O)O)ccc1OCc1ccccc1. The first kappa shape index (κ1) is 19.8. The van der Waals surface area contributed by atoms with E-state index in [0.717, 1.165) is 5.56 Å². The summed E-state index contributed by atoms with van der Waals surface area (Å²) in [6.45, 7) is 0.365. The molecule has 27 heavy (non-hydrogen) atoms. The van der Waals surface area contributed by atoms with Crippen molar-refractivity contribution in [2.24, 2.45) is 0 Å². The van der Waals surface area contributed by atoms with Crippen molar-refractivity contribution in [1.82, 2.24) is 5.32 Å². The van der Waals surface area contributed by atoms with E-state index in [1.54, 1.807) is 18.2 Å². The van der Waals surface area contributed by atoms with Crippen molar-refractivity contribution in [1.29, 1.82) is 5.26 Å². The van der Waals surface area contributed by atoms with Gasteiger partial charge < -0.3 is 19.9 Å². The molecule has 0 heterocycles. The standard InChI is InChI=1S/C20H20N2O5/c1-26-18-11-15(16(12-21)22-19(23)9-10-20(24)25)7-8-17(18)27-13-14-5-3-2-4-6-14/h2-8,11,16H,9-10,13H2,1H3,(H,22,23)(H,24,25). The molecule has 140 valence electrons. The van der Waals surface area contributed by atoms with Gasteiger partial charge in [0.05, 0.1) is 19.6 Å². The van der Waals surface area contributed by atoms with Gasteiger partial charge in [0.25, 0.3) is 0 Å². The Bertz CT molecular complexity index is 830. The highest BCUT2D eigenvalue weighted by Gasteiger charge is 2.17. The molecule has 0 aromatic heterocycles. The van der Waals surface area contributed by atoms with E-state index in [-0.39, 0.29) is 12.8 Å². The predicted molar refractivity (Wildman–Crippen MR) is 97.1 cm³/mol. The summed E-state index contributed by atoms with van der Waals surface area (Å²) in [6, 6.07) is 15.7.